The van der Waals surface area contributed by atoms with Crippen LogP contribution in [0.25, 0.3) is 0 Å². The molecule has 6 nitrogen and oxygen atoms in total. The van der Waals surface area contributed by atoms with Gasteiger partial charge in [0.1, 0.15) is 5.75 Å². The van der Waals surface area contributed by atoms with E-state index in [1.54, 1.807) is 42.5 Å². The molecule has 0 aromatic heterocycles. The Morgan fingerprint density at radius 1 is 0.906 bits per heavy atom. The largest absolute Gasteiger partial charge is 0.496 e. The molecule has 0 radical (unpaired) electrons. The zero-order valence-electron chi connectivity index (χ0n) is 18.5. The summed E-state index contributed by atoms with van der Waals surface area (Å²) in [5.41, 5.74) is 5.60. The molecular formula is C26H24N2O4. The third kappa shape index (κ3) is 3.75. The SMILES string of the molecule is COc1ccc(CN2C(=O)c3ccccc3C2=O)cc1C(=O)Nc1c(C)cc(C)cc1C. The van der Waals surface area contributed by atoms with E-state index in [1.165, 1.54) is 12.0 Å². The maximum absolute atomic E-state index is 13.1. The van der Waals surface area contributed by atoms with Crippen molar-refractivity contribution in [2.24, 2.45) is 0 Å². The summed E-state index contributed by atoms with van der Waals surface area (Å²) in [6.07, 6.45) is 0. The number of anilines is 1. The fourth-order valence-electron chi connectivity index (χ4n) is 4.15. The quantitative estimate of drug-likeness (QED) is 0.599. The molecule has 0 saturated carbocycles. The molecule has 4 rings (SSSR count). The number of aryl methyl sites for hydroxylation is 3. The van der Waals surface area contributed by atoms with Gasteiger partial charge in [-0.1, -0.05) is 35.9 Å². The number of imide groups is 1. The van der Waals surface area contributed by atoms with Gasteiger partial charge in [0, 0.05) is 5.69 Å². The Morgan fingerprint density at radius 2 is 1.50 bits per heavy atom. The average molecular weight is 428 g/mol. The van der Waals surface area contributed by atoms with Gasteiger partial charge in [-0.3, -0.25) is 19.3 Å². The molecular weight excluding hydrogens is 404 g/mol. The molecule has 0 spiro atoms. The molecule has 0 fully saturated rings. The summed E-state index contributed by atoms with van der Waals surface area (Å²) < 4.78 is 5.39. The lowest BCUT2D eigenvalue weighted by Crippen LogP contribution is -2.29. The minimum atomic E-state index is -0.335. The molecule has 1 aliphatic heterocycles. The second-order valence-electron chi connectivity index (χ2n) is 8.00. The molecule has 0 bridgehead atoms. The number of hydrogen-bond donors (Lipinski definition) is 1. The van der Waals surface area contributed by atoms with Gasteiger partial charge < -0.3 is 10.1 Å². The summed E-state index contributed by atoms with van der Waals surface area (Å²) in [7, 11) is 1.50. The molecule has 3 amide bonds. The number of ether oxygens (including phenoxy) is 1. The second kappa shape index (κ2) is 8.30. The van der Waals surface area contributed by atoms with E-state index in [2.05, 4.69) is 5.32 Å². The number of fused-ring (bicyclic) bond motifs is 1. The third-order valence-electron chi connectivity index (χ3n) is 5.64. The smallest absolute Gasteiger partial charge is 0.261 e. The molecule has 0 unspecified atom stereocenters. The minimum Gasteiger partial charge on any atom is -0.496 e. The van der Waals surface area contributed by atoms with Gasteiger partial charge in [0.05, 0.1) is 30.3 Å². The highest BCUT2D eigenvalue weighted by atomic mass is 16.5. The highest BCUT2D eigenvalue weighted by Crippen LogP contribution is 2.28. The standard InChI is InChI=1S/C26H24N2O4/c1-15-11-16(2)23(17(3)12-15)27-24(29)21-13-18(9-10-22(21)32-4)14-28-25(30)19-7-5-6-8-20(19)26(28)31/h5-13H,14H2,1-4H3,(H,27,29). The van der Waals surface area contributed by atoms with Crippen molar-refractivity contribution in [3.05, 3.63) is 93.5 Å². The van der Waals surface area contributed by atoms with Gasteiger partial charge in [-0.15, -0.1) is 0 Å². The number of amides is 3. The minimum absolute atomic E-state index is 0.0687. The van der Waals surface area contributed by atoms with Gasteiger partial charge >= 0.3 is 0 Å². The fraction of sp³-hybridized carbons (Fsp3) is 0.192. The van der Waals surface area contributed by atoms with Gasteiger partial charge in [0.25, 0.3) is 17.7 Å². The van der Waals surface area contributed by atoms with E-state index in [1.807, 2.05) is 32.9 Å². The van der Waals surface area contributed by atoms with Crippen molar-refractivity contribution in [3.63, 3.8) is 0 Å². The maximum Gasteiger partial charge on any atom is 0.261 e. The average Bonchev–Trinajstić information content (AvgIpc) is 3.01. The first-order valence-electron chi connectivity index (χ1n) is 10.3. The summed E-state index contributed by atoms with van der Waals surface area (Å²) in [4.78, 5) is 39.7. The summed E-state index contributed by atoms with van der Waals surface area (Å²) in [5, 5.41) is 2.98. The predicted molar refractivity (Wildman–Crippen MR) is 122 cm³/mol. The number of nitrogens with one attached hydrogen (secondary N) is 1. The van der Waals surface area contributed by atoms with Crippen molar-refractivity contribution in [2.75, 3.05) is 12.4 Å². The molecule has 0 aliphatic carbocycles. The number of methoxy groups -OCH3 is 1. The molecule has 1 aliphatic rings. The van der Waals surface area contributed by atoms with E-state index < -0.39 is 0 Å². The van der Waals surface area contributed by atoms with Crippen molar-refractivity contribution in [1.29, 1.82) is 0 Å². The molecule has 6 heteroatoms. The van der Waals surface area contributed by atoms with E-state index in [9.17, 15) is 14.4 Å². The summed E-state index contributed by atoms with van der Waals surface area (Å²) >= 11 is 0. The lowest BCUT2D eigenvalue weighted by molar-refractivity contribution is 0.0642. The Labute approximate surface area is 186 Å². The van der Waals surface area contributed by atoms with Crippen LogP contribution in [0, 0.1) is 20.8 Å². The molecule has 162 valence electrons. The van der Waals surface area contributed by atoms with Crippen LogP contribution in [-0.2, 0) is 6.54 Å². The van der Waals surface area contributed by atoms with Crippen molar-refractivity contribution < 1.29 is 19.1 Å². The third-order valence-corrected chi connectivity index (χ3v) is 5.64. The van der Waals surface area contributed by atoms with Crippen LogP contribution in [0.5, 0.6) is 5.75 Å². The topological polar surface area (TPSA) is 75.7 Å². The summed E-state index contributed by atoms with van der Waals surface area (Å²) in [6, 6.07) is 15.9. The zero-order chi connectivity index (χ0) is 23.0. The van der Waals surface area contributed by atoms with E-state index in [-0.39, 0.29) is 24.3 Å². The molecule has 0 saturated heterocycles. The molecule has 32 heavy (non-hydrogen) atoms. The van der Waals surface area contributed by atoms with Crippen molar-refractivity contribution in [2.45, 2.75) is 27.3 Å². The van der Waals surface area contributed by atoms with Gasteiger partial charge in [0.2, 0.25) is 0 Å². The van der Waals surface area contributed by atoms with Crippen LogP contribution in [0.2, 0.25) is 0 Å². The number of carbonyl (C=O) groups is 3. The Hall–Kier alpha value is -3.93. The highest BCUT2D eigenvalue weighted by molar-refractivity contribution is 6.21. The number of benzene rings is 3. The first-order chi connectivity index (χ1) is 15.3. The lowest BCUT2D eigenvalue weighted by atomic mass is 10.0. The number of nitrogens with zero attached hydrogens (tertiary/aromatic N) is 1. The Morgan fingerprint density at radius 3 is 2.06 bits per heavy atom. The van der Waals surface area contributed by atoms with Crippen LogP contribution in [-0.4, -0.2) is 29.7 Å². The van der Waals surface area contributed by atoms with Crippen molar-refractivity contribution in [3.8, 4) is 5.75 Å². The predicted octanol–water partition coefficient (Wildman–Crippen LogP) is 4.67. The molecule has 0 atom stereocenters. The Bertz CT molecular complexity index is 1200. The van der Waals surface area contributed by atoms with Gasteiger partial charge in [-0.05, 0) is 61.7 Å². The molecule has 3 aromatic carbocycles. The van der Waals surface area contributed by atoms with E-state index in [4.69, 9.17) is 4.74 Å². The van der Waals surface area contributed by atoms with E-state index >= 15 is 0 Å². The summed E-state index contributed by atoms with van der Waals surface area (Å²) in [5.74, 6) is -0.575. The monoisotopic (exact) mass is 428 g/mol. The van der Waals surface area contributed by atoms with E-state index in [0.29, 0.717) is 28.0 Å². The fourth-order valence-corrected chi connectivity index (χ4v) is 4.15. The molecule has 3 aromatic rings. The second-order valence-corrected chi connectivity index (χ2v) is 8.00. The zero-order valence-corrected chi connectivity index (χ0v) is 18.5. The molecule has 1 heterocycles. The van der Waals surface area contributed by atoms with Crippen molar-refractivity contribution in [1.82, 2.24) is 4.90 Å². The number of hydrogen-bond acceptors (Lipinski definition) is 4. The lowest BCUT2D eigenvalue weighted by Gasteiger charge is -2.17. The first-order valence-corrected chi connectivity index (χ1v) is 10.3. The number of rotatable bonds is 5. The van der Waals surface area contributed by atoms with Gasteiger partial charge in [-0.25, -0.2) is 0 Å². The van der Waals surface area contributed by atoms with Crippen molar-refractivity contribution >= 4 is 23.4 Å². The highest BCUT2D eigenvalue weighted by Gasteiger charge is 2.35. The first kappa shape index (κ1) is 21.3. The van der Waals surface area contributed by atoms with Crippen LogP contribution in [0.4, 0.5) is 5.69 Å². The normalized spacial score (nSPS) is 12.7. The van der Waals surface area contributed by atoms with Crippen LogP contribution >= 0.6 is 0 Å². The maximum atomic E-state index is 13.1. The molecule has 1 N–H and O–H groups in total. The van der Waals surface area contributed by atoms with Gasteiger partial charge in [0.15, 0.2) is 0 Å². The Kier molecular flexibility index (Phi) is 5.53. The van der Waals surface area contributed by atoms with Crippen LogP contribution < -0.4 is 10.1 Å². The van der Waals surface area contributed by atoms with Crippen LogP contribution in [0.15, 0.2) is 54.6 Å². The van der Waals surface area contributed by atoms with E-state index in [0.717, 1.165) is 22.4 Å². The van der Waals surface area contributed by atoms with Crippen LogP contribution in [0.1, 0.15) is 53.3 Å². The van der Waals surface area contributed by atoms with Gasteiger partial charge in [-0.2, -0.15) is 0 Å². The van der Waals surface area contributed by atoms with Crippen LogP contribution in [0.3, 0.4) is 0 Å². The summed E-state index contributed by atoms with van der Waals surface area (Å²) in [6.45, 7) is 5.98. The number of carbonyl (C=O) groups excluding carboxylic acids is 3. The Balaban J connectivity index is 1.62.